The second-order valence-electron chi connectivity index (χ2n) is 5.21. The van der Waals surface area contributed by atoms with Crippen molar-refractivity contribution >= 4 is 5.97 Å². The standard InChI is InChI=1S/C15H21NO2.C2H7N/c1-4-12-11(8-9-16(3)5-2)6-7-13-14(12)10-18-15(13)17;1-2-3/h6-7H,4-5,8-10H2,1-3H3;2-3H2,1H3. The van der Waals surface area contributed by atoms with Crippen molar-refractivity contribution in [2.75, 3.05) is 26.7 Å². The minimum atomic E-state index is -0.170. The SMILES string of the molecule is CCN.CCc1c(CCN(C)CC)ccc2c1COC2=O. The molecular weight excluding hydrogens is 264 g/mol. The fraction of sp³-hybridized carbons (Fsp3) is 0.588. The fourth-order valence-electron chi connectivity index (χ4n) is 2.46. The Kier molecular flexibility index (Phi) is 7.40. The van der Waals surface area contributed by atoms with Crippen LogP contribution < -0.4 is 5.73 Å². The number of nitrogens with two attached hydrogens (primary N) is 1. The van der Waals surface area contributed by atoms with Gasteiger partial charge < -0.3 is 15.4 Å². The van der Waals surface area contributed by atoms with Crippen LogP contribution in [0.25, 0.3) is 0 Å². The number of carbonyl (C=O) groups is 1. The number of carbonyl (C=O) groups excluding carboxylic acids is 1. The van der Waals surface area contributed by atoms with E-state index in [1.807, 2.05) is 13.0 Å². The second kappa shape index (κ2) is 8.80. The van der Waals surface area contributed by atoms with E-state index in [4.69, 9.17) is 10.5 Å². The molecule has 0 aliphatic carbocycles. The van der Waals surface area contributed by atoms with Crippen LogP contribution in [0.2, 0.25) is 0 Å². The Morgan fingerprint density at radius 1 is 1.29 bits per heavy atom. The largest absolute Gasteiger partial charge is 0.457 e. The van der Waals surface area contributed by atoms with Crippen molar-refractivity contribution in [3.63, 3.8) is 0 Å². The predicted octanol–water partition coefficient (Wildman–Crippen LogP) is 2.38. The van der Waals surface area contributed by atoms with Gasteiger partial charge >= 0.3 is 5.97 Å². The van der Waals surface area contributed by atoms with E-state index >= 15 is 0 Å². The molecule has 0 atom stereocenters. The smallest absolute Gasteiger partial charge is 0.338 e. The number of hydrogen-bond acceptors (Lipinski definition) is 4. The Morgan fingerprint density at radius 2 is 1.95 bits per heavy atom. The lowest BCUT2D eigenvalue weighted by Crippen LogP contribution is -2.21. The van der Waals surface area contributed by atoms with Gasteiger partial charge in [-0.3, -0.25) is 0 Å². The highest BCUT2D eigenvalue weighted by molar-refractivity contribution is 5.94. The summed E-state index contributed by atoms with van der Waals surface area (Å²) in [5.41, 5.74) is 9.39. The van der Waals surface area contributed by atoms with Crippen LogP contribution in [0.1, 0.15) is 47.8 Å². The topological polar surface area (TPSA) is 55.6 Å². The Labute approximate surface area is 128 Å². The molecular formula is C17H28N2O2. The lowest BCUT2D eigenvalue weighted by molar-refractivity contribution is 0.0535. The normalized spacial score (nSPS) is 12.8. The number of likely N-dealkylation sites (N-methyl/N-ethyl adjacent to an activating group) is 1. The van der Waals surface area contributed by atoms with Crippen LogP contribution in [0.3, 0.4) is 0 Å². The van der Waals surface area contributed by atoms with Crippen LogP contribution in [0.4, 0.5) is 0 Å². The van der Waals surface area contributed by atoms with Gasteiger partial charge in [0.25, 0.3) is 0 Å². The average molecular weight is 292 g/mol. The predicted molar refractivity (Wildman–Crippen MR) is 86.5 cm³/mol. The summed E-state index contributed by atoms with van der Waals surface area (Å²) in [7, 11) is 2.13. The summed E-state index contributed by atoms with van der Waals surface area (Å²) in [6.07, 6.45) is 2.00. The second-order valence-corrected chi connectivity index (χ2v) is 5.21. The number of hydrogen-bond donors (Lipinski definition) is 1. The highest BCUT2D eigenvalue weighted by Gasteiger charge is 2.24. The van der Waals surface area contributed by atoms with Crippen LogP contribution in [-0.4, -0.2) is 37.6 Å². The molecule has 2 rings (SSSR count). The van der Waals surface area contributed by atoms with E-state index in [0.717, 1.165) is 43.6 Å². The molecule has 21 heavy (non-hydrogen) atoms. The summed E-state index contributed by atoms with van der Waals surface area (Å²) in [5.74, 6) is -0.170. The lowest BCUT2D eigenvalue weighted by Gasteiger charge is -2.16. The van der Waals surface area contributed by atoms with E-state index in [0.29, 0.717) is 6.61 Å². The Morgan fingerprint density at radius 3 is 2.52 bits per heavy atom. The summed E-state index contributed by atoms with van der Waals surface area (Å²) in [6.45, 7) is 9.53. The van der Waals surface area contributed by atoms with Crippen molar-refractivity contribution in [2.24, 2.45) is 5.73 Å². The molecule has 0 radical (unpaired) electrons. The number of ether oxygens (including phenoxy) is 1. The number of fused-ring (bicyclic) bond motifs is 1. The van der Waals surface area contributed by atoms with Gasteiger partial charge in [-0.2, -0.15) is 0 Å². The molecule has 0 amide bonds. The van der Waals surface area contributed by atoms with E-state index in [9.17, 15) is 4.79 Å². The molecule has 0 fully saturated rings. The summed E-state index contributed by atoms with van der Waals surface area (Å²) >= 11 is 0. The third-order valence-electron chi connectivity index (χ3n) is 3.75. The molecule has 0 spiro atoms. The molecule has 118 valence electrons. The quantitative estimate of drug-likeness (QED) is 0.847. The third kappa shape index (κ3) is 4.55. The van der Waals surface area contributed by atoms with Gasteiger partial charge in [-0.15, -0.1) is 0 Å². The van der Waals surface area contributed by atoms with Gasteiger partial charge in [0.15, 0.2) is 0 Å². The molecule has 0 saturated carbocycles. The molecule has 0 saturated heterocycles. The maximum absolute atomic E-state index is 11.5. The zero-order chi connectivity index (χ0) is 15.8. The molecule has 0 bridgehead atoms. The van der Waals surface area contributed by atoms with E-state index in [2.05, 4.69) is 31.9 Å². The van der Waals surface area contributed by atoms with E-state index in [-0.39, 0.29) is 5.97 Å². The number of esters is 1. The minimum Gasteiger partial charge on any atom is -0.457 e. The molecule has 1 aliphatic heterocycles. The fourth-order valence-corrected chi connectivity index (χ4v) is 2.46. The first-order chi connectivity index (χ1) is 10.1. The molecule has 0 unspecified atom stereocenters. The van der Waals surface area contributed by atoms with Gasteiger partial charge in [0.1, 0.15) is 6.61 Å². The maximum atomic E-state index is 11.5. The zero-order valence-electron chi connectivity index (χ0n) is 13.7. The average Bonchev–Trinajstić information content (AvgIpc) is 2.86. The molecule has 2 N–H and O–H groups in total. The molecule has 4 nitrogen and oxygen atoms in total. The zero-order valence-corrected chi connectivity index (χ0v) is 13.7. The Bertz CT molecular complexity index is 472. The molecule has 0 aromatic heterocycles. The molecule has 1 aromatic carbocycles. The summed E-state index contributed by atoms with van der Waals surface area (Å²) in [4.78, 5) is 13.8. The van der Waals surface area contributed by atoms with Crippen molar-refractivity contribution in [2.45, 2.75) is 40.2 Å². The summed E-state index contributed by atoms with van der Waals surface area (Å²) in [6, 6.07) is 4.01. The van der Waals surface area contributed by atoms with Crippen molar-refractivity contribution < 1.29 is 9.53 Å². The summed E-state index contributed by atoms with van der Waals surface area (Å²) in [5, 5.41) is 0. The molecule has 1 aliphatic rings. The Balaban J connectivity index is 0.000000677. The number of nitrogens with zero attached hydrogens (tertiary/aromatic N) is 1. The van der Waals surface area contributed by atoms with E-state index in [1.165, 1.54) is 11.1 Å². The van der Waals surface area contributed by atoms with Gasteiger partial charge in [-0.25, -0.2) is 4.79 Å². The van der Waals surface area contributed by atoms with Gasteiger partial charge in [-0.1, -0.05) is 26.8 Å². The van der Waals surface area contributed by atoms with Crippen LogP contribution in [0.15, 0.2) is 12.1 Å². The van der Waals surface area contributed by atoms with Crippen molar-refractivity contribution in [1.29, 1.82) is 0 Å². The maximum Gasteiger partial charge on any atom is 0.338 e. The Hall–Kier alpha value is -1.39. The van der Waals surface area contributed by atoms with Crippen LogP contribution >= 0.6 is 0 Å². The summed E-state index contributed by atoms with van der Waals surface area (Å²) < 4.78 is 5.12. The van der Waals surface area contributed by atoms with Gasteiger partial charge in [0.2, 0.25) is 0 Å². The monoisotopic (exact) mass is 292 g/mol. The van der Waals surface area contributed by atoms with Gasteiger partial charge in [0.05, 0.1) is 5.56 Å². The van der Waals surface area contributed by atoms with Crippen molar-refractivity contribution in [3.05, 3.63) is 34.4 Å². The first-order valence-corrected chi connectivity index (χ1v) is 7.78. The lowest BCUT2D eigenvalue weighted by atomic mass is 9.94. The highest BCUT2D eigenvalue weighted by atomic mass is 16.5. The van der Waals surface area contributed by atoms with E-state index < -0.39 is 0 Å². The van der Waals surface area contributed by atoms with Crippen molar-refractivity contribution in [1.82, 2.24) is 4.90 Å². The van der Waals surface area contributed by atoms with E-state index in [1.54, 1.807) is 0 Å². The van der Waals surface area contributed by atoms with Crippen molar-refractivity contribution in [3.8, 4) is 0 Å². The third-order valence-corrected chi connectivity index (χ3v) is 3.75. The highest BCUT2D eigenvalue weighted by Crippen LogP contribution is 2.27. The van der Waals surface area contributed by atoms with Gasteiger partial charge in [0, 0.05) is 12.1 Å². The van der Waals surface area contributed by atoms with Gasteiger partial charge in [-0.05, 0) is 50.2 Å². The number of benzene rings is 1. The first-order valence-electron chi connectivity index (χ1n) is 7.78. The van der Waals surface area contributed by atoms with Crippen LogP contribution in [0.5, 0.6) is 0 Å². The molecule has 4 heteroatoms. The molecule has 1 aromatic rings. The number of rotatable bonds is 5. The number of cyclic esters (lactones) is 1. The minimum absolute atomic E-state index is 0.170. The molecule has 1 heterocycles. The van der Waals surface area contributed by atoms with Crippen LogP contribution in [-0.2, 0) is 24.2 Å². The van der Waals surface area contributed by atoms with Crippen LogP contribution in [0, 0.1) is 0 Å². The first kappa shape index (κ1) is 17.7.